The van der Waals surface area contributed by atoms with E-state index < -0.39 is 0 Å². The molecule has 0 heterocycles. The Bertz CT molecular complexity index is 580. The van der Waals surface area contributed by atoms with Gasteiger partial charge in [0.15, 0.2) is 0 Å². The third kappa shape index (κ3) is 4.58. The highest BCUT2D eigenvalue weighted by Gasteiger charge is 2.07. The van der Waals surface area contributed by atoms with Gasteiger partial charge in [-0.2, -0.15) is 0 Å². The zero-order chi connectivity index (χ0) is 15.2. The summed E-state index contributed by atoms with van der Waals surface area (Å²) in [5.74, 6) is 1.69. The standard InChI is InChI=1S/C18H22BrNO/c1-3-13-5-8-16(9-6-13)21-17-10-7-14(18(19)12-17)11-15(20)4-2/h5-10,12,15H,3-4,11,20H2,1-2H3. The maximum Gasteiger partial charge on any atom is 0.128 e. The Morgan fingerprint density at radius 1 is 1.05 bits per heavy atom. The van der Waals surface area contributed by atoms with Gasteiger partial charge < -0.3 is 10.5 Å². The molecule has 2 rings (SSSR count). The molecule has 0 bridgehead atoms. The molecular formula is C18H22BrNO. The van der Waals surface area contributed by atoms with E-state index in [4.69, 9.17) is 10.5 Å². The highest BCUT2D eigenvalue weighted by atomic mass is 79.9. The Morgan fingerprint density at radius 2 is 1.71 bits per heavy atom. The van der Waals surface area contributed by atoms with E-state index in [0.29, 0.717) is 0 Å². The Hall–Kier alpha value is -1.32. The average molecular weight is 348 g/mol. The van der Waals surface area contributed by atoms with Gasteiger partial charge in [-0.05, 0) is 54.7 Å². The van der Waals surface area contributed by atoms with Crippen LogP contribution in [0.15, 0.2) is 46.9 Å². The van der Waals surface area contributed by atoms with Crippen molar-refractivity contribution >= 4 is 15.9 Å². The number of rotatable bonds is 6. The quantitative estimate of drug-likeness (QED) is 0.790. The highest BCUT2D eigenvalue weighted by Crippen LogP contribution is 2.28. The summed E-state index contributed by atoms with van der Waals surface area (Å²) in [5, 5.41) is 0. The van der Waals surface area contributed by atoms with E-state index in [-0.39, 0.29) is 6.04 Å². The smallest absolute Gasteiger partial charge is 0.128 e. The van der Waals surface area contributed by atoms with Crippen LogP contribution < -0.4 is 10.5 Å². The molecule has 2 N–H and O–H groups in total. The number of aryl methyl sites for hydroxylation is 1. The van der Waals surface area contributed by atoms with Crippen molar-refractivity contribution < 1.29 is 4.74 Å². The van der Waals surface area contributed by atoms with E-state index in [1.165, 1.54) is 11.1 Å². The molecule has 1 unspecified atom stereocenters. The zero-order valence-corrected chi connectivity index (χ0v) is 14.2. The first-order valence-corrected chi connectivity index (χ1v) is 8.22. The second-order valence-electron chi connectivity index (χ2n) is 5.23. The lowest BCUT2D eigenvalue weighted by molar-refractivity contribution is 0.481. The summed E-state index contributed by atoms with van der Waals surface area (Å²) in [4.78, 5) is 0. The molecule has 0 radical (unpaired) electrons. The molecule has 0 spiro atoms. The van der Waals surface area contributed by atoms with Gasteiger partial charge in [-0.15, -0.1) is 0 Å². The van der Waals surface area contributed by atoms with Gasteiger partial charge in [0.2, 0.25) is 0 Å². The first-order chi connectivity index (χ1) is 10.1. The van der Waals surface area contributed by atoms with Crippen molar-refractivity contribution in [3.8, 4) is 11.5 Å². The normalized spacial score (nSPS) is 12.2. The molecule has 0 amide bonds. The van der Waals surface area contributed by atoms with Gasteiger partial charge in [-0.25, -0.2) is 0 Å². The first kappa shape index (κ1) is 16.1. The van der Waals surface area contributed by atoms with Crippen molar-refractivity contribution in [3.63, 3.8) is 0 Å². The van der Waals surface area contributed by atoms with Crippen molar-refractivity contribution in [1.82, 2.24) is 0 Å². The number of hydrogen-bond donors (Lipinski definition) is 1. The second-order valence-corrected chi connectivity index (χ2v) is 6.08. The van der Waals surface area contributed by atoms with Crippen molar-refractivity contribution in [2.24, 2.45) is 5.73 Å². The van der Waals surface area contributed by atoms with Crippen molar-refractivity contribution in [1.29, 1.82) is 0 Å². The molecule has 0 saturated carbocycles. The van der Waals surface area contributed by atoms with Gasteiger partial charge >= 0.3 is 0 Å². The van der Waals surface area contributed by atoms with Crippen molar-refractivity contribution in [2.75, 3.05) is 0 Å². The molecule has 2 aromatic rings. The summed E-state index contributed by atoms with van der Waals surface area (Å²) < 4.78 is 6.93. The monoisotopic (exact) mass is 347 g/mol. The maximum atomic E-state index is 6.01. The number of halogens is 1. The van der Waals surface area contributed by atoms with Gasteiger partial charge in [0.05, 0.1) is 0 Å². The fraction of sp³-hybridized carbons (Fsp3) is 0.333. The molecule has 0 aliphatic rings. The van der Waals surface area contributed by atoms with Gasteiger partial charge in [0.1, 0.15) is 11.5 Å². The Morgan fingerprint density at radius 3 is 2.29 bits per heavy atom. The first-order valence-electron chi connectivity index (χ1n) is 7.43. The van der Waals surface area contributed by atoms with Crippen LogP contribution in [0.3, 0.4) is 0 Å². The number of nitrogens with two attached hydrogens (primary N) is 1. The fourth-order valence-electron chi connectivity index (χ4n) is 2.11. The molecule has 0 aliphatic heterocycles. The van der Waals surface area contributed by atoms with E-state index in [9.17, 15) is 0 Å². The Kier molecular flexibility index (Phi) is 5.83. The molecule has 3 heteroatoms. The summed E-state index contributed by atoms with van der Waals surface area (Å²) in [6.45, 7) is 4.25. The van der Waals surface area contributed by atoms with Crippen LogP contribution in [0.1, 0.15) is 31.4 Å². The van der Waals surface area contributed by atoms with Crippen molar-refractivity contribution in [2.45, 2.75) is 39.2 Å². The summed E-state index contributed by atoms with van der Waals surface area (Å²) in [6, 6.07) is 14.5. The third-order valence-corrected chi connectivity index (χ3v) is 4.34. The van der Waals surface area contributed by atoms with E-state index in [0.717, 1.165) is 35.2 Å². The Labute approximate surface area is 135 Å². The number of ether oxygens (including phenoxy) is 1. The lowest BCUT2D eigenvalue weighted by Crippen LogP contribution is -2.21. The van der Waals surface area contributed by atoms with Gasteiger partial charge in [0, 0.05) is 10.5 Å². The van der Waals surface area contributed by atoms with Crippen LogP contribution in [0.5, 0.6) is 11.5 Å². The molecule has 1 atom stereocenters. The maximum absolute atomic E-state index is 6.01. The minimum Gasteiger partial charge on any atom is -0.457 e. The molecule has 112 valence electrons. The lowest BCUT2D eigenvalue weighted by atomic mass is 10.0. The van der Waals surface area contributed by atoms with E-state index in [1.54, 1.807) is 0 Å². The lowest BCUT2D eigenvalue weighted by Gasteiger charge is -2.12. The van der Waals surface area contributed by atoms with Crippen LogP contribution in [0.2, 0.25) is 0 Å². The summed E-state index contributed by atoms with van der Waals surface area (Å²) in [5.41, 5.74) is 8.54. The molecule has 2 aromatic carbocycles. The fourth-order valence-corrected chi connectivity index (χ4v) is 2.63. The second kappa shape index (κ2) is 7.62. The molecule has 0 fully saturated rings. The minimum atomic E-state index is 0.203. The third-order valence-electron chi connectivity index (χ3n) is 3.60. The molecule has 0 saturated heterocycles. The number of hydrogen-bond acceptors (Lipinski definition) is 2. The molecular weight excluding hydrogens is 326 g/mol. The van der Waals surface area contributed by atoms with Crippen molar-refractivity contribution in [3.05, 3.63) is 58.1 Å². The largest absolute Gasteiger partial charge is 0.457 e. The molecule has 0 aromatic heterocycles. The topological polar surface area (TPSA) is 35.2 Å². The average Bonchev–Trinajstić information content (AvgIpc) is 2.50. The summed E-state index contributed by atoms with van der Waals surface area (Å²) >= 11 is 3.61. The molecule has 2 nitrogen and oxygen atoms in total. The molecule has 0 aliphatic carbocycles. The van der Waals surface area contributed by atoms with Gasteiger partial charge in [-0.3, -0.25) is 0 Å². The van der Waals surface area contributed by atoms with Gasteiger partial charge in [-0.1, -0.05) is 48.0 Å². The van der Waals surface area contributed by atoms with Gasteiger partial charge in [0.25, 0.3) is 0 Å². The predicted molar refractivity (Wildman–Crippen MR) is 92.0 cm³/mol. The van der Waals surface area contributed by atoms with E-state index in [1.807, 2.05) is 24.3 Å². The molecule has 21 heavy (non-hydrogen) atoms. The summed E-state index contributed by atoms with van der Waals surface area (Å²) in [7, 11) is 0. The minimum absolute atomic E-state index is 0.203. The van der Waals surface area contributed by atoms with Crippen LogP contribution in [-0.4, -0.2) is 6.04 Å². The van der Waals surface area contributed by atoms with E-state index in [2.05, 4.69) is 48.0 Å². The van der Waals surface area contributed by atoms with Crippen LogP contribution in [0.25, 0.3) is 0 Å². The zero-order valence-electron chi connectivity index (χ0n) is 12.6. The summed E-state index contributed by atoms with van der Waals surface area (Å²) in [6.07, 6.45) is 2.90. The van der Waals surface area contributed by atoms with Crippen LogP contribution >= 0.6 is 15.9 Å². The van der Waals surface area contributed by atoms with Crippen LogP contribution in [0.4, 0.5) is 0 Å². The Balaban J connectivity index is 2.08. The highest BCUT2D eigenvalue weighted by molar-refractivity contribution is 9.10. The van der Waals surface area contributed by atoms with Crippen LogP contribution in [-0.2, 0) is 12.8 Å². The number of benzene rings is 2. The van der Waals surface area contributed by atoms with Crippen LogP contribution in [0, 0.1) is 0 Å². The van der Waals surface area contributed by atoms with E-state index >= 15 is 0 Å². The predicted octanol–water partition coefficient (Wildman–Crippen LogP) is 5.08. The SMILES string of the molecule is CCc1ccc(Oc2ccc(CC(N)CC)c(Br)c2)cc1.